The number of aromatic amines is 1. The molecule has 5 heteroatoms. The summed E-state index contributed by atoms with van der Waals surface area (Å²) in [4.78, 5) is 30.8. The summed E-state index contributed by atoms with van der Waals surface area (Å²) < 4.78 is 4.68. The van der Waals surface area contributed by atoms with E-state index in [4.69, 9.17) is 0 Å². The smallest absolute Gasteiger partial charge is 0.337 e. The third-order valence-electron chi connectivity index (χ3n) is 3.17. The summed E-state index contributed by atoms with van der Waals surface area (Å²) in [6.45, 7) is 0. The number of carbonyl (C=O) groups is 1. The zero-order valence-electron chi connectivity index (χ0n) is 11.3. The monoisotopic (exact) mass is 280 g/mol. The predicted octanol–water partition coefficient (Wildman–Crippen LogP) is 2.38. The minimum Gasteiger partial charge on any atom is -0.465 e. The zero-order valence-corrected chi connectivity index (χ0v) is 11.3. The molecule has 1 N–H and O–H groups in total. The Morgan fingerprint density at radius 2 is 1.90 bits per heavy atom. The maximum atomic E-state index is 12.1. The number of aromatic nitrogens is 2. The Morgan fingerprint density at radius 3 is 2.62 bits per heavy atom. The first-order chi connectivity index (χ1) is 10.2. The van der Waals surface area contributed by atoms with Gasteiger partial charge in [-0.05, 0) is 18.2 Å². The first-order valence-electron chi connectivity index (χ1n) is 6.37. The number of fused-ring (bicyclic) bond motifs is 1. The Hall–Kier alpha value is -2.95. The molecular formula is C16H12N2O3. The van der Waals surface area contributed by atoms with Crippen LogP contribution < -0.4 is 5.56 Å². The minimum absolute atomic E-state index is 0.240. The van der Waals surface area contributed by atoms with Crippen molar-refractivity contribution in [2.45, 2.75) is 0 Å². The van der Waals surface area contributed by atoms with E-state index in [9.17, 15) is 9.59 Å². The molecule has 0 spiro atoms. The van der Waals surface area contributed by atoms with Crippen molar-refractivity contribution in [3.05, 3.63) is 64.4 Å². The number of nitrogens with one attached hydrogen (secondary N) is 1. The largest absolute Gasteiger partial charge is 0.465 e. The van der Waals surface area contributed by atoms with E-state index in [1.165, 1.54) is 7.11 Å². The third kappa shape index (κ3) is 2.41. The number of rotatable bonds is 2. The van der Waals surface area contributed by atoms with Crippen LogP contribution in [0.5, 0.6) is 0 Å². The van der Waals surface area contributed by atoms with Crippen molar-refractivity contribution >= 4 is 16.9 Å². The molecule has 0 aliphatic carbocycles. The standard InChI is InChI=1S/C16H12N2O3/c1-21-16(20)11-7-8-12-13(9-11)17-14(18-15(12)19)10-5-3-2-4-6-10/h2-9H,1H3,(H,17,18,19). The van der Waals surface area contributed by atoms with Gasteiger partial charge in [0.2, 0.25) is 0 Å². The highest BCUT2D eigenvalue weighted by Crippen LogP contribution is 2.17. The molecule has 104 valence electrons. The summed E-state index contributed by atoms with van der Waals surface area (Å²) in [7, 11) is 1.31. The quantitative estimate of drug-likeness (QED) is 0.731. The van der Waals surface area contributed by atoms with Gasteiger partial charge in [0.05, 0.1) is 23.6 Å². The molecule has 0 aliphatic heterocycles. The Morgan fingerprint density at radius 1 is 1.14 bits per heavy atom. The summed E-state index contributed by atoms with van der Waals surface area (Å²) in [6, 6.07) is 14.0. The van der Waals surface area contributed by atoms with Crippen LogP contribution in [0.4, 0.5) is 0 Å². The Labute approximate surface area is 120 Å². The van der Waals surface area contributed by atoms with Crippen molar-refractivity contribution < 1.29 is 9.53 Å². The summed E-state index contributed by atoms with van der Waals surface area (Å²) in [5.74, 6) is 0.00959. The van der Waals surface area contributed by atoms with Gasteiger partial charge >= 0.3 is 5.97 Å². The molecule has 0 radical (unpaired) electrons. The van der Waals surface area contributed by atoms with Crippen molar-refractivity contribution in [1.29, 1.82) is 0 Å². The highest BCUT2D eigenvalue weighted by molar-refractivity contribution is 5.94. The molecular weight excluding hydrogens is 268 g/mol. The Balaban J connectivity index is 2.22. The van der Waals surface area contributed by atoms with E-state index in [-0.39, 0.29) is 5.56 Å². The number of esters is 1. The van der Waals surface area contributed by atoms with Gasteiger partial charge in [-0.3, -0.25) is 4.79 Å². The van der Waals surface area contributed by atoms with E-state index in [0.717, 1.165) is 5.56 Å². The Bertz CT molecular complexity index is 870. The van der Waals surface area contributed by atoms with Crippen molar-refractivity contribution in [2.75, 3.05) is 7.11 Å². The molecule has 5 nitrogen and oxygen atoms in total. The summed E-state index contributed by atoms with van der Waals surface area (Å²) in [6.07, 6.45) is 0. The van der Waals surface area contributed by atoms with Crippen LogP contribution in [0.3, 0.4) is 0 Å². The van der Waals surface area contributed by atoms with E-state index in [1.54, 1.807) is 18.2 Å². The van der Waals surface area contributed by atoms with Crippen LogP contribution in [-0.4, -0.2) is 23.0 Å². The molecule has 1 aromatic heterocycles. The van der Waals surface area contributed by atoms with Crippen molar-refractivity contribution in [2.24, 2.45) is 0 Å². The van der Waals surface area contributed by atoms with Crippen molar-refractivity contribution in [1.82, 2.24) is 9.97 Å². The van der Waals surface area contributed by atoms with Gasteiger partial charge in [-0.15, -0.1) is 0 Å². The van der Waals surface area contributed by atoms with E-state index >= 15 is 0 Å². The fourth-order valence-electron chi connectivity index (χ4n) is 2.12. The average Bonchev–Trinajstić information content (AvgIpc) is 2.54. The molecule has 3 rings (SSSR count). The second-order valence-corrected chi connectivity index (χ2v) is 4.50. The van der Waals surface area contributed by atoms with Crippen LogP contribution in [-0.2, 0) is 4.74 Å². The van der Waals surface area contributed by atoms with Gasteiger partial charge in [-0.25, -0.2) is 9.78 Å². The fraction of sp³-hybridized carbons (Fsp3) is 0.0625. The summed E-state index contributed by atoms with van der Waals surface area (Å²) in [5.41, 5.74) is 1.39. The van der Waals surface area contributed by atoms with Gasteiger partial charge in [0, 0.05) is 5.56 Å². The predicted molar refractivity (Wildman–Crippen MR) is 79.1 cm³/mol. The van der Waals surface area contributed by atoms with Crippen LogP contribution >= 0.6 is 0 Å². The molecule has 0 unspecified atom stereocenters. The first-order valence-corrected chi connectivity index (χ1v) is 6.37. The molecule has 21 heavy (non-hydrogen) atoms. The fourth-order valence-corrected chi connectivity index (χ4v) is 2.12. The van der Waals surface area contributed by atoms with Gasteiger partial charge in [-0.2, -0.15) is 0 Å². The van der Waals surface area contributed by atoms with E-state index in [2.05, 4.69) is 14.7 Å². The van der Waals surface area contributed by atoms with Crippen LogP contribution in [0.25, 0.3) is 22.3 Å². The molecule has 0 bridgehead atoms. The molecule has 0 atom stereocenters. The highest BCUT2D eigenvalue weighted by Gasteiger charge is 2.10. The van der Waals surface area contributed by atoms with Gasteiger partial charge in [-0.1, -0.05) is 30.3 Å². The minimum atomic E-state index is -0.458. The number of hydrogen-bond donors (Lipinski definition) is 1. The molecule has 1 heterocycles. The second-order valence-electron chi connectivity index (χ2n) is 4.50. The summed E-state index contributed by atoms with van der Waals surface area (Å²) in [5, 5.41) is 0.433. The number of nitrogens with zero attached hydrogens (tertiary/aromatic N) is 1. The summed E-state index contributed by atoms with van der Waals surface area (Å²) >= 11 is 0. The van der Waals surface area contributed by atoms with Gasteiger partial charge in [0.15, 0.2) is 0 Å². The first kappa shape index (κ1) is 13.1. The third-order valence-corrected chi connectivity index (χ3v) is 3.17. The SMILES string of the molecule is COC(=O)c1ccc2c(=O)[nH]c(-c3ccccc3)nc2c1. The Kier molecular flexibility index (Phi) is 3.23. The lowest BCUT2D eigenvalue weighted by atomic mass is 10.1. The molecule has 0 saturated heterocycles. The zero-order chi connectivity index (χ0) is 14.8. The average molecular weight is 280 g/mol. The van der Waals surface area contributed by atoms with Crippen LogP contribution in [0.2, 0.25) is 0 Å². The van der Waals surface area contributed by atoms with E-state index < -0.39 is 5.97 Å². The number of methoxy groups -OCH3 is 1. The number of H-pyrrole nitrogens is 1. The molecule has 0 amide bonds. The molecule has 0 fully saturated rings. The molecule has 2 aromatic carbocycles. The van der Waals surface area contributed by atoms with Gasteiger partial charge < -0.3 is 9.72 Å². The number of hydrogen-bond acceptors (Lipinski definition) is 4. The van der Waals surface area contributed by atoms with Gasteiger partial charge in [0.1, 0.15) is 5.82 Å². The van der Waals surface area contributed by atoms with Crippen LogP contribution in [0.15, 0.2) is 53.3 Å². The van der Waals surface area contributed by atoms with Crippen molar-refractivity contribution in [3.63, 3.8) is 0 Å². The lowest BCUT2D eigenvalue weighted by molar-refractivity contribution is 0.0601. The second kappa shape index (κ2) is 5.20. The lowest BCUT2D eigenvalue weighted by Crippen LogP contribution is -2.10. The number of carbonyl (C=O) groups excluding carboxylic acids is 1. The maximum Gasteiger partial charge on any atom is 0.337 e. The molecule has 0 saturated carbocycles. The molecule has 3 aromatic rings. The number of benzene rings is 2. The normalized spacial score (nSPS) is 10.5. The molecule has 0 aliphatic rings. The topological polar surface area (TPSA) is 72.1 Å². The van der Waals surface area contributed by atoms with Crippen molar-refractivity contribution in [3.8, 4) is 11.4 Å². The lowest BCUT2D eigenvalue weighted by Gasteiger charge is -2.04. The maximum absolute atomic E-state index is 12.1. The highest BCUT2D eigenvalue weighted by atomic mass is 16.5. The van der Waals surface area contributed by atoms with Crippen LogP contribution in [0, 0.1) is 0 Å². The van der Waals surface area contributed by atoms with Crippen LogP contribution in [0.1, 0.15) is 10.4 Å². The van der Waals surface area contributed by atoms with E-state index in [0.29, 0.717) is 22.3 Å². The van der Waals surface area contributed by atoms with Gasteiger partial charge in [0.25, 0.3) is 5.56 Å². The van der Waals surface area contributed by atoms with E-state index in [1.807, 2.05) is 30.3 Å². The number of ether oxygens (including phenoxy) is 1.